The molecule has 1 N–H and O–H groups in total. The van der Waals surface area contributed by atoms with Gasteiger partial charge in [-0.2, -0.15) is 0 Å². The summed E-state index contributed by atoms with van der Waals surface area (Å²) < 4.78 is 10.1. The van der Waals surface area contributed by atoms with E-state index < -0.39 is 0 Å². The number of aliphatic hydroxyl groups excluding tert-OH is 1. The normalized spacial score (nSPS) is 11.2. The highest BCUT2D eigenvalue weighted by Crippen LogP contribution is 1.88. The lowest BCUT2D eigenvalue weighted by atomic mass is 10.3. The van der Waals surface area contributed by atoms with E-state index in [0.29, 0.717) is 20.0 Å². The first-order chi connectivity index (χ1) is 5.91. The summed E-state index contributed by atoms with van der Waals surface area (Å²) in [7, 11) is 0. The fourth-order valence-corrected chi connectivity index (χ4v) is 0.663. The Morgan fingerprint density at radius 2 is 1.92 bits per heavy atom. The summed E-state index contributed by atoms with van der Waals surface area (Å²) in [5.74, 6) is 0. The molecule has 0 heterocycles. The molecule has 0 radical (unpaired) electrons. The van der Waals surface area contributed by atoms with Gasteiger partial charge in [0, 0.05) is 13.2 Å². The highest BCUT2D eigenvalue weighted by molar-refractivity contribution is 4.80. The summed E-state index contributed by atoms with van der Waals surface area (Å²) in [5, 5.41) is 8.44. The van der Waals surface area contributed by atoms with Gasteiger partial charge in [0.1, 0.15) is 6.79 Å². The molecule has 0 atom stereocenters. The van der Waals surface area contributed by atoms with Crippen LogP contribution < -0.4 is 0 Å². The smallest absolute Gasteiger partial charge is 0.146 e. The van der Waals surface area contributed by atoms with Gasteiger partial charge in [-0.05, 0) is 19.8 Å². The Kier molecular flexibility index (Phi) is 10.3. The zero-order valence-corrected chi connectivity index (χ0v) is 7.66. The third-order valence-corrected chi connectivity index (χ3v) is 1.26. The van der Waals surface area contributed by atoms with Crippen LogP contribution in [0.1, 0.15) is 19.8 Å². The van der Waals surface area contributed by atoms with E-state index in [9.17, 15) is 0 Å². The molecule has 0 amide bonds. The largest absolute Gasteiger partial charge is 0.396 e. The number of rotatable bonds is 8. The number of hydrogen-bond donors (Lipinski definition) is 1. The molecule has 0 saturated carbocycles. The number of hydrogen-bond acceptors (Lipinski definition) is 3. The van der Waals surface area contributed by atoms with Crippen molar-refractivity contribution in [1.82, 2.24) is 0 Å². The average Bonchev–Trinajstić information content (AvgIpc) is 2.10. The Labute approximate surface area is 74.0 Å². The zero-order valence-electron chi connectivity index (χ0n) is 7.66. The van der Waals surface area contributed by atoms with Gasteiger partial charge in [-0.25, -0.2) is 0 Å². The van der Waals surface area contributed by atoms with E-state index in [1.165, 1.54) is 0 Å². The van der Waals surface area contributed by atoms with Crippen molar-refractivity contribution >= 4 is 0 Å². The van der Waals surface area contributed by atoms with Crippen molar-refractivity contribution in [3.8, 4) is 0 Å². The first-order valence-electron chi connectivity index (χ1n) is 4.33. The molecule has 0 bridgehead atoms. The van der Waals surface area contributed by atoms with Gasteiger partial charge in [-0.1, -0.05) is 12.2 Å². The monoisotopic (exact) mass is 174 g/mol. The van der Waals surface area contributed by atoms with Gasteiger partial charge in [0.15, 0.2) is 0 Å². The van der Waals surface area contributed by atoms with Crippen molar-refractivity contribution in [3.05, 3.63) is 12.2 Å². The van der Waals surface area contributed by atoms with Crippen molar-refractivity contribution in [1.29, 1.82) is 0 Å². The minimum atomic E-state index is 0.219. The van der Waals surface area contributed by atoms with Crippen molar-refractivity contribution in [2.24, 2.45) is 0 Å². The predicted molar refractivity (Wildman–Crippen MR) is 47.9 cm³/mol. The Balaban J connectivity index is 2.90. The molecule has 72 valence electrons. The second kappa shape index (κ2) is 10.6. The summed E-state index contributed by atoms with van der Waals surface area (Å²) in [6.45, 7) is 3.91. The zero-order chi connectivity index (χ0) is 9.07. The fraction of sp³-hybridized carbons (Fsp3) is 0.778. The molecule has 0 aromatic carbocycles. The van der Waals surface area contributed by atoms with E-state index in [1.807, 2.05) is 19.1 Å². The van der Waals surface area contributed by atoms with Crippen LogP contribution in [0.3, 0.4) is 0 Å². The molecular weight excluding hydrogens is 156 g/mol. The molecular formula is C9H18O3. The fourth-order valence-electron chi connectivity index (χ4n) is 0.663. The van der Waals surface area contributed by atoms with E-state index in [1.54, 1.807) is 0 Å². The van der Waals surface area contributed by atoms with Gasteiger partial charge < -0.3 is 14.6 Å². The van der Waals surface area contributed by atoms with Crippen LogP contribution >= 0.6 is 0 Å². The molecule has 0 fully saturated rings. The maximum Gasteiger partial charge on any atom is 0.146 e. The Hall–Kier alpha value is -0.380. The van der Waals surface area contributed by atoms with E-state index >= 15 is 0 Å². The summed E-state index contributed by atoms with van der Waals surface area (Å²) in [5.41, 5.74) is 0. The van der Waals surface area contributed by atoms with Gasteiger partial charge in [-0.3, -0.25) is 0 Å². The highest BCUT2D eigenvalue weighted by Gasteiger charge is 1.83. The maximum atomic E-state index is 8.44. The van der Waals surface area contributed by atoms with E-state index in [2.05, 4.69) is 0 Å². The Morgan fingerprint density at radius 1 is 1.17 bits per heavy atom. The minimum Gasteiger partial charge on any atom is -0.396 e. The van der Waals surface area contributed by atoms with Crippen LogP contribution in [0.5, 0.6) is 0 Å². The molecule has 0 rings (SSSR count). The lowest BCUT2D eigenvalue weighted by Gasteiger charge is -2.00. The first kappa shape index (κ1) is 11.6. The predicted octanol–water partition coefficient (Wildman–Crippen LogP) is 1.33. The quantitative estimate of drug-likeness (QED) is 0.343. The van der Waals surface area contributed by atoms with Crippen LogP contribution in [0.25, 0.3) is 0 Å². The van der Waals surface area contributed by atoms with Gasteiger partial charge in [0.05, 0.1) is 6.61 Å². The third kappa shape index (κ3) is 9.62. The van der Waals surface area contributed by atoms with Crippen LogP contribution in [0.2, 0.25) is 0 Å². The van der Waals surface area contributed by atoms with Gasteiger partial charge in [0.2, 0.25) is 0 Å². The lowest BCUT2D eigenvalue weighted by Crippen LogP contribution is -1.99. The second-order valence-corrected chi connectivity index (χ2v) is 2.29. The topological polar surface area (TPSA) is 38.7 Å². The minimum absolute atomic E-state index is 0.219. The molecule has 0 aliphatic rings. The molecule has 0 aliphatic heterocycles. The van der Waals surface area contributed by atoms with Crippen molar-refractivity contribution in [2.75, 3.05) is 26.6 Å². The van der Waals surface area contributed by atoms with E-state index in [-0.39, 0.29) is 6.61 Å². The standard InChI is InChI=1S/C9H18O3/c1-2-11-9-12-8-6-4-3-5-7-10/h3-4,10H,2,5-9H2,1H3/b4-3+. The molecule has 0 saturated heterocycles. The number of ether oxygens (including phenoxy) is 2. The molecule has 0 aromatic heterocycles. The highest BCUT2D eigenvalue weighted by atomic mass is 16.7. The molecule has 0 unspecified atom stereocenters. The van der Waals surface area contributed by atoms with Crippen LogP contribution in [0, 0.1) is 0 Å². The first-order valence-corrected chi connectivity index (χ1v) is 4.33. The third-order valence-electron chi connectivity index (χ3n) is 1.26. The van der Waals surface area contributed by atoms with E-state index in [0.717, 1.165) is 12.8 Å². The summed E-state index contributed by atoms with van der Waals surface area (Å²) >= 11 is 0. The number of aliphatic hydroxyl groups is 1. The van der Waals surface area contributed by atoms with Crippen molar-refractivity contribution in [3.63, 3.8) is 0 Å². The van der Waals surface area contributed by atoms with Crippen LogP contribution in [-0.2, 0) is 9.47 Å². The molecule has 0 spiro atoms. The van der Waals surface area contributed by atoms with E-state index in [4.69, 9.17) is 14.6 Å². The summed E-state index contributed by atoms with van der Waals surface area (Å²) in [6.07, 6.45) is 5.56. The van der Waals surface area contributed by atoms with Gasteiger partial charge in [0.25, 0.3) is 0 Å². The molecule has 12 heavy (non-hydrogen) atoms. The molecule has 3 nitrogen and oxygen atoms in total. The maximum absolute atomic E-state index is 8.44. The molecule has 0 aliphatic carbocycles. The van der Waals surface area contributed by atoms with Crippen molar-refractivity contribution in [2.45, 2.75) is 19.8 Å². The van der Waals surface area contributed by atoms with Gasteiger partial charge >= 0.3 is 0 Å². The second-order valence-electron chi connectivity index (χ2n) is 2.29. The van der Waals surface area contributed by atoms with Crippen LogP contribution in [0.15, 0.2) is 12.2 Å². The van der Waals surface area contributed by atoms with Crippen molar-refractivity contribution < 1.29 is 14.6 Å². The SMILES string of the molecule is CCOCOCC/C=C/CCO. The Morgan fingerprint density at radius 3 is 2.58 bits per heavy atom. The van der Waals surface area contributed by atoms with Gasteiger partial charge in [-0.15, -0.1) is 0 Å². The summed E-state index contributed by atoms with van der Waals surface area (Å²) in [4.78, 5) is 0. The van der Waals surface area contributed by atoms with Crippen LogP contribution in [-0.4, -0.2) is 31.7 Å². The van der Waals surface area contributed by atoms with Crippen LogP contribution in [0.4, 0.5) is 0 Å². The lowest BCUT2D eigenvalue weighted by molar-refractivity contribution is -0.0476. The summed E-state index contributed by atoms with van der Waals surface area (Å²) in [6, 6.07) is 0. The molecule has 0 aromatic rings. The average molecular weight is 174 g/mol. The molecule has 3 heteroatoms. The Bertz CT molecular complexity index is 102.